The monoisotopic (exact) mass is 303 g/mol. The van der Waals surface area contributed by atoms with Gasteiger partial charge in [-0.05, 0) is 62.3 Å². The summed E-state index contributed by atoms with van der Waals surface area (Å²) in [5, 5.41) is 2.81. The second-order valence-electron chi connectivity index (χ2n) is 5.91. The SMILES string of the molecule is C[C@@H](OC(=O)[C@H]1CCCO1)C(=O)Nc1ccc2c(c1)CCC2. The third-order valence-corrected chi connectivity index (χ3v) is 4.22. The molecule has 0 aromatic heterocycles. The molecule has 1 fully saturated rings. The van der Waals surface area contributed by atoms with Gasteiger partial charge in [0.05, 0.1) is 0 Å². The minimum atomic E-state index is -0.829. The van der Waals surface area contributed by atoms with E-state index in [1.54, 1.807) is 6.92 Å². The molecule has 1 aromatic carbocycles. The third kappa shape index (κ3) is 3.30. The van der Waals surface area contributed by atoms with Crippen molar-refractivity contribution in [2.24, 2.45) is 0 Å². The van der Waals surface area contributed by atoms with Crippen molar-refractivity contribution in [2.75, 3.05) is 11.9 Å². The molecule has 2 atom stereocenters. The number of carbonyl (C=O) groups is 2. The molecule has 0 radical (unpaired) electrons. The van der Waals surface area contributed by atoms with Crippen molar-refractivity contribution in [1.29, 1.82) is 0 Å². The first kappa shape index (κ1) is 15.0. The Labute approximate surface area is 130 Å². The number of hydrogen-bond acceptors (Lipinski definition) is 4. The Balaban J connectivity index is 1.55. The quantitative estimate of drug-likeness (QED) is 0.866. The Hall–Kier alpha value is -1.88. The van der Waals surface area contributed by atoms with E-state index in [4.69, 9.17) is 9.47 Å². The molecular weight excluding hydrogens is 282 g/mol. The first-order chi connectivity index (χ1) is 10.6. The van der Waals surface area contributed by atoms with Crippen LogP contribution < -0.4 is 5.32 Å². The Kier molecular flexibility index (Phi) is 4.43. The molecule has 1 saturated heterocycles. The highest BCUT2D eigenvalue weighted by molar-refractivity contribution is 5.95. The maximum absolute atomic E-state index is 12.1. The van der Waals surface area contributed by atoms with Crippen LogP contribution in [0, 0.1) is 0 Å². The van der Waals surface area contributed by atoms with Crippen LogP contribution in [0.15, 0.2) is 18.2 Å². The predicted octanol–water partition coefficient (Wildman–Crippen LogP) is 2.22. The van der Waals surface area contributed by atoms with E-state index in [2.05, 4.69) is 11.4 Å². The smallest absolute Gasteiger partial charge is 0.336 e. The van der Waals surface area contributed by atoms with Gasteiger partial charge in [0, 0.05) is 12.3 Å². The number of aryl methyl sites for hydroxylation is 2. The molecule has 0 bridgehead atoms. The number of fused-ring (bicyclic) bond motifs is 1. The average molecular weight is 303 g/mol. The highest BCUT2D eigenvalue weighted by Gasteiger charge is 2.28. The number of carbonyl (C=O) groups excluding carboxylic acids is 2. The molecule has 1 heterocycles. The summed E-state index contributed by atoms with van der Waals surface area (Å²) in [6.45, 7) is 2.16. The summed E-state index contributed by atoms with van der Waals surface area (Å²) in [7, 11) is 0. The van der Waals surface area contributed by atoms with Gasteiger partial charge in [-0.25, -0.2) is 4.79 Å². The second kappa shape index (κ2) is 6.48. The van der Waals surface area contributed by atoms with Gasteiger partial charge in [-0.2, -0.15) is 0 Å². The van der Waals surface area contributed by atoms with Crippen LogP contribution in [-0.2, 0) is 31.9 Å². The zero-order valence-corrected chi connectivity index (χ0v) is 12.8. The van der Waals surface area contributed by atoms with Crippen LogP contribution in [0.1, 0.15) is 37.3 Å². The van der Waals surface area contributed by atoms with E-state index >= 15 is 0 Å². The van der Waals surface area contributed by atoms with Gasteiger partial charge in [-0.15, -0.1) is 0 Å². The number of hydrogen-bond donors (Lipinski definition) is 1. The summed E-state index contributed by atoms with van der Waals surface area (Å²) < 4.78 is 10.4. The molecule has 1 aromatic rings. The number of rotatable bonds is 4. The Morgan fingerprint density at radius 3 is 2.86 bits per heavy atom. The van der Waals surface area contributed by atoms with E-state index in [9.17, 15) is 9.59 Å². The molecule has 1 aliphatic carbocycles. The summed E-state index contributed by atoms with van der Waals surface area (Å²) in [6.07, 6.45) is 3.51. The van der Waals surface area contributed by atoms with Gasteiger partial charge >= 0.3 is 5.97 Å². The van der Waals surface area contributed by atoms with Gasteiger partial charge in [-0.1, -0.05) is 6.07 Å². The molecule has 5 heteroatoms. The van der Waals surface area contributed by atoms with Crippen LogP contribution in [0.4, 0.5) is 5.69 Å². The van der Waals surface area contributed by atoms with E-state index in [0.717, 1.165) is 24.9 Å². The highest BCUT2D eigenvalue weighted by Crippen LogP contribution is 2.25. The van der Waals surface area contributed by atoms with Crippen molar-refractivity contribution < 1.29 is 19.1 Å². The maximum atomic E-state index is 12.1. The molecule has 5 nitrogen and oxygen atoms in total. The van der Waals surface area contributed by atoms with E-state index < -0.39 is 18.2 Å². The van der Waals surface area contributed by atoms with Crippen LogP contribution in [-0.4, -0.2) is 30.7 Å². The van der Waals surface area contributed by atoms with Gasteiger partial charge in [0.15, 0.2) is 12.2 Å². The maximum Gasteiger partial charge on any atom is 0.336 e. The molecule has 1 amide bonds. The summed E-state index contributed by atoms with van der Waals surface area (Å²) >= 11 is 0. The molecule has 1 aliphatic heterocycles. The fraction of sp³-hybridized carbons (Fsp3) is 0.529. The fourth-order valence-electron chi connectivity index (χ4n) is 2.96. The summed E-state index contributed by atoms with van der Waals surface area (Å²) in [6, 6.07) is 5.96. The van der Waals surface area contributed by atoms with Crippen molar-refractivity contribution in [3.05, 3.63) is 29.3 Å². The van der Waals surface area contributed by atoms with Gasteiger partial charge < -0.3 is 14.8 Å². The molecule has 0 spiro atoms. The number of benzene rings is 1. The van der Waals surface area contributed by atoms with E-state index in [-0.39, 0.29) is 5.91 Å². The summed E-state index contributed by atoms with van der Waals surface area (Å²) in [5.41, 5.74) is 3.41. The van der Waals surface area contributed by atoms with Gasteiger partial charge in [0.1, 0.15) is 0 Å². The Morgan fingerprint density at radius 1 is 1.27 bits per heavy atom. The van der Waals surface area contributed by atoms with E-state index in [1.807, 2.05) is 12.1 Å². The molecule has 0 saturated carbocycles. The lowest BCUT2D eigenvalue weighted by Gasteiger charge is -2.16. The van der Waals surface area contributed by atoms with E-state index in [1.165, 1.54) is 17.5 Å². The van der Waals surface area contributed by atoms with E-state index in [0.29, 0.717) is 13.0 Å². The van der Waals surface area contributed by atoms with Crippen molar-refractivity contribution in [2.45, 2.75) is 51.2 Å². The lowest BCUT2D eigenvalue weighted by atomic mass is 10.1. The highest BCUT2D eigenvalue weighted by atomic mass is 16.6. The van der Waals surface area contributed by atoms with Crippen molar-refractivity contribution in [1.82, 2.24) is 0 Å². The zero-order valence-electron chi connectivity index (χ0n) is 12.8. The van der Waals surface area contributed by atoms with Crippen LogP contribution in [0.5, 0.6) is 0 Å². The molecule has 3 rings (SSSR count). The van der Waals surface area contributed by atoms with Gasteiger partial charge in [-0.3, -0.25) is 4.79 Å². The standard InChI is InChI=1S/C17H21NO4/c1-11(22-17(20)15-6-3-9-21-15)16(19)18-14-8-7-12-4-2-5-13(12)10-14/h7-8,10-11,15H,2-6,9H2,1H3,(H,18,19)/t11-,15-/m1/s1. The first-order valence-corrected chi connectivity index (χ1v) is 7.88. The Morgan fingerprint density at radius 2 is 2.09 bits per heavy atom. The summed E-state index contributed by atoms with van der Waals surface area (Å²) in [4.78, 5) is 24.0. The topological polar surface area (TPSA) is 64.6 Å². The first-order valence-electron chi connectivity index (χ1n) is 7.88. The minimum Gasteiger partial charge on any atom is -0.451 e. The lowest BCUT2D eigenvalue weighted by Crippen LogP contribution is -2.34. The van der Waals surface area contributed by atoms with Crippen LogP contribution in [0.3, 0.4) is 0 Å². The number of anilines is 1. The number of esters is 1. The van der Waals surface area contributed by atoms with Crippen LogP contribution >= 0.6 is 0 Å². The minimum absolute atomic E-state index is 0.315. The van der Waals surface area contributed by atoms with Crippen molar-refractivity contribution in [3.63, 3.8) is 0 Å². The number of ether oxygens (including phenoxy) is 2. The molecule has 1 N–H and O–H groups in total. The van der Waals surface area contributed by atoms with Crippen LogP contribution in [0.25, 0.3) is 0 Å². The molecule has 2 aliphatic rings. The molecule has 22 heavy (non-hydrogen) atoms. The number of amides is 1. The zero-order chi connectivity index (χ0) is 15.5. The van der Waals surface area contributed by atoms with Crippen molar-refractivity contribution >= 4 is 17.6 Å². The van der Waals surface area contributed by atoms with Gasteiger partial charge in [0.25, 0.3) is 5.91 Å². The molecule has 118 valence electrons. The average Bonchev–Trinajstić information content (AvgIpc) is 3.18. The fourth-order valence-corrected chi connectivity index (χ4v) is 2.96. The predicted molar refractivity (Wildman–Crippen MR) is 81.6 cm³/mol. The number of nitrogens with one attached hydrogen (secondary N) is 1. The lowest BCUT2D eigenvalue weighted by molar-refractivity contribution is -0.162. The second-order valence-corrected chi connectivity index (χ2v) is 5.91. The largest absolute Gasteiger partial charge is 0.451 e. The summed E-state index contributed by atoms with van der Waals surface area (Å²) in [5.74, 6) is -0.765. The van der Waals surface area contributed by atoms with Crippen LogP contribution in [0.2, 0.25) is 0 Å². The molecular formula is C17H21NO4. The third-order valence-electron chi connectivity index (χ3n) is 4.22. The normalized spacial score (nSPS) is 21.2. The molecule has 0 unspecified atom stereocenters. The van der Waals surface area contributed by atoms with Crippen molar-refractivity contribution in [3.8, 4) is 0 Å². The Bertz CT molecular complexity index is 578. The van der Waals surface area contributed by atoms with Gasteiger partial charge in [0.2, 0.25) is 0 Å².